The minimum atomic E-state index is -1.04. The summed E-state index contributed by atoms with van der Waals surface area (Å²) in [4.78, 5) is 23.5. The second kappa shape index (κ2) is 5.90. The number of carboxylic acids is 1. The molecule has 0 saturated heterocycles. The maximum absolute atomic E-state index is 11.4. The summed E-state index contributed by atoms with van der Waals surface area (Å²) in [6.07, 6.45) is -0.940. The number of nitrogens with zero attached hydrogens (tertiary/aromatic N) is 1. The van der Waals surface area contributed by atoms with Crippen LogP contribution in [0.1, 0.15) is 6.92 Å². The van der Waals surface area contributed by atoms with E-state index in [0.29, 0.717) is 11.4 Å². The van der Waals surface area contributed by atoms with Crippen molar-refractivity contribution < 1.29 is 19.4 Å². The van der Waals surface area contributed by atoms with Gasteiger partial charge in [0.2, 0.25) is 0 Å². The Kier molecular flexibility index (Phi) is 4.53. The molecule has 0 aliphatic heterocycles. The van der Waals surface area contributed by atoms with E-state index in [4.69, 9.17) is 9.84 Å². The molecule has 0 aliphatic rings. The van der Waals surface area contributed by atoms with Crippen LogP contribution < -0.4 is 10.1 Å². The van der Waals surface area contributed by atoms with Crippen LogP contribution in [0.15, 0.2) is 24.3 Å². The van der Waals surface area contributed by atoms with Gasteiger partial charge in [0, 0.05) is 25.8 Å². The third kappa shape index (κ3) is 3.97. The minimum absolute atomic E-state index is 0.265. The van der Waals surface area contributed by atoms with Crippen LogP contribution in [0.4, 0.5) is 10.5 Å². The van der Waals surface area contributed by atoms with Crippen molar-refractivity contribution in [1.82, 2.24) is 4.90 Å². The van der Waals surface area contributed by atoms with E-state index in [2.05, 4.69) is 5.32 Å². The molecule has 0 fully saturated rings. The van der Waals surface area contributed by atoms with E-state index in [0.717, 1.165) is 0 Å². The number of carboxylic acid groups (broad SMARTS) is 1. The van der Waals surface area contributed by atoms with Crippen molar-refractivity contribution in [3.8, 4) is 5.75 Å². The average Bonchev–Trinajstić information content (AvgIpc) is 2.29. The maximum Gasteiger partial charge on any atom is 0.344 e. The molecule has 1 rings (SSSR count). The number of anilines is 1. The van der Waals surface area contributed by atoms with Crippen molar-refractivity contribution in [2.75, 3.05) is 19.4 Å². The number of hydrogen-bond acceptors (Lipinski definition) is 3. The Bertz CT molecular complexity index is 445. The van der Waals surface area contributed by atoms with Crippen molar-refractivity contribution in [1.29, 1.82) is 0 Å². The van der Waals surface area contributed by atoms with Crippen molar-refractivity contribution in [3.63, 3.8) is 0 Å². The van der Waals surface area contributed by atoms with Crippen LogP contribution in [-0.2, 0) is 4.79 Å². The Hall–Kier alpha value is -2.24. The lowest BCUT2D eigenvalue weighted by atomic mass is 10.3. The van der Waals surface area contributed by atoms with Crippen LogP contribution >= 0.6 is 0 Å². The highest BCUT2D eigenvalue weighted by Gasteiger charge is 2.12. The molecule has 0 aliphatic carbocycles. The molecule has 1 aromatic carbocycles. The predicted octanol–water partition coefficient (Wildman–Crippen LogP) is 1.63. The van der Waals surface area contributed by atoms with Crippen LogP contribution in [-0.4, -0.2) is 42.2 Å². The topological polar surface area (TPSA) is 78.9 Å². The molecule has 18 heavy (non-hydrogen) atoms. The number of carbonyl (C=O) groups is 2. The molecule has 98 valence electrons. The smallest absolute Gasteiger partial charge is 0.344 e. The summed E-state index contributed by atoms with van der Waals surface area (Å²) < 4.78 is 5.19. The summed E-state index contributed by atoms with van der Waals surface area (Å²) in [5, 5.41) is 11.4. The fourth-order valence-electron chi connectivity index (χ4n) is 1.14. The Morgan fingerprint density at radius 3 is 2.61 bits per heavy atom. The Balaban J connectivity index is 2.73. The highest BCUT2D eigenvalue weighted by molar-refractivity contribution is 5.89. The third-order valence-electron chi connectivity index (χ3n) is 2.15. The van der Waals surface area contributed by atoms with Gasteiger partial charge in [-0.05, 0) is 19.1 Å². The lowest BCUT2D eigenvalue weighted by molar-refractivity contribution is -0.144. The van der Waals surface area contributed by atoms with Gasteiger partial charge < -0.3 is 20.1 Å². The first-order valence-electron chi connectivity index (χ1n) is 5.38. The van der Waals surface area contributed by atoms with E-state index in [1.54, 1.807) is 38.4 Å². The Labute approximate surface area is 105 Å². The molecule has 1 unspecified atom stereocenters. The van der Waals surface area contributed by atoms with Crippen LogP contribution in [0.5, 0.6) is 5.75 Å². The van der Waals surface area contributed by atoms with E-state index >= 15 is 0 Å². The first-order chi connectivity index (χ1) is 8.40. The number of amides is 2. The van der Waals surface area contributed by atoms with Crippen molar-refractivity contribution >= 4 is 17.7 Å². The Morgan fingerprint density at radius 1 is 1.39 bits per heavy atom. The van der Waals surface area contributed by atoms with Crippen molar-refractivity contribution in [2.24, 2.45) is 0 Å². The monoisotopic (exact) mass is 252 g/mol. The standard InChI is InChI=1S/C12H16N2O4/c1-8(11(15)16)18-10-6-4-5-9(7-10)13-12(17)14(2)3/h4-8H,1-3H3,(H,13,17)(H,15,16). The molecule has 0 bridgehead atoms. The molecule has 0 spiro atoms. The van der Waals surface area contributed by atoms with Crippen molar-refractivity contribution in [2.45, 2.75) is 13.0 Å². The molecule has 1 atom stereocenters. The zero-order chi connectivity index (χ0) is 13.7. The lowest BCUT2D eigenvalue weighted by Gasteiger charge is -2.14. The van der Waals surface area contributed by atoms with Gasteiger partial charge in [-0.1, -0.05) is 6.07 Å². The molecule has 2 N–H and O–H groups in total. The van der Waals surface area contributed by atoms with Crippen LogP contribution in [0.3, 0.4) is 0 Å². The largest absolute Gasteiger partial charge is 0.479 e. The molecule has 1 aromatic rings. The number of rotatable bonds is 4. The quantitative estimate of drug-likeness (QED) is 0.853. The molecule has 6 heteroatoms. The molecular weight excluding hydrogens is 236 g/mol. The summed E-state index contributed by atoms with van der Waals surface area (Å²) in [7, 11) is 3.25. The minimum Gasteiger partial charge on any atom is -0.479 e. The van der Waals surface area contributed by atoms with Crippen LogP contribution in [0.25, 0.3) is 0 Å². The number of ether oxygens (including phenoxy) is 1. The van der Waals surface area contributed by atoms with Gasteiger partial charge in [0.1, 0.15) is 5.75 Å². The second-order valence-electron chi connectivity index (χ2n) is 3.95. The number of hydrogen-bond donors (Lipinski definition) is 2. The van der Waals surface area contributed by atoms with Gasteiger partial charge in [-0.25, -0.2) is 9.59 Å². The zero-order valence-corrected chi connectivity index (χ0v) is 10.5. The summed E-state index contributed by atoms with van der Waals surface area (Å²) in [6.45, 7) is 1.44. The van der Waals surface area contributed by atoms with Gasteiger partial charge >= 0.3 is 12.0 Å². The predicted molar refractivity (Wildman–Crippen MR) is 66.9 cm³/mol. The summed E-state index contributed by atoms with van der Waals surface area (Å²) >= 11 is 0. The Morgan fingerprint density at radius 2 is 2.06 bits per heavy atom. The molecule has 0 radical (unpaired) electrons. The number of aliphatic carboxylic acids is 1. The van der Waals surface area contributed by atoms with Gasteiger partial charge in [-0.2, -0.15) is 0 Å². The highest BCUT2D eigenvalue weighted by atomic mass is 16.5. The van der Waals surface area contributed by atoms with E-state index in [1.165, 1.54) is 11.8 Å². The van der Waals surface area contributed by atoms with Crippen molar-refractivity contribution in [3.05, 3.63) is 24.3 Å². The average molecular weight is 252 g/mol. The van der Waals surface area contributed by atoms with Gasteiger partial charge in [0.15, 0.2) is 6.10 Å². The van der Waals surface area contributed by atoms with E-state index in [-0.39, 0.29) is 6.03 Å². The highest BCUT2D eigenvalue weighted by Crippen LogP contribution is 2.18. The van der Waals surface area contributed by atoms with E-state index < -0.39 is 12.1 Å². The molecule has 0 aromatic heterocycles. The maximum atomic E-state index is 11.4. The van der Waals surface area contributed by atoms with Gasteiger partial charge in [-0.3, -0.25) is 0 Å². The number of carbonyl (C=O) groups excluding carboxylic acids is 1. The van der Waals surface area contributed by atoms with Crippen LogP contribution in [0.2, 0.25) is 0 Å². The molecule has 6 nitrogen and oxygen atoms in total. The fraction of sp³-hybridized carbons (Fsp3) is 0.333. The first kappa shape index (κ1) is 13.8. The van der Waals surface area contributed by atoms with E-state index in [1.807, 2.05) is 0 Å². The van der Waals surface area contributed by atoms with Crippen LogP contribution in [0, 0.1) is 0 Å². The van der Waals surface area contributed by atoms with Gasteiger partial charge in [-0.15, -0.1) is 0 Å². The fourth-order valence-corrected chi connectivity index (χ4v) is 1.14. The third-order valence-corrected chi connectivity index (χ3v) is 2.15. The first-order valence-corrected chi connectivity index (χ1v) is 5.38. The van der Waals surface area contributed by atoms with Gasteiger partial charge in [0.05, 0.1) is 0 Å². The SMILES string of the molecule is CC(Oc1cccc(NC(=O)N(C)C)c1)C(=O)O. The number of urea groups is 1. The normalized spacial score (nSPS) is 11.5. The molecule has 0 saturated carbocycles. The molecule has 0 heterocycles. The second-order valence-corrected chi connectivity index (χ2v) is 3.95. The van der Waals surface area contributed by atoms with E-state index in [9.17, 15) is 9.59 Å². The summed E-state index contributed by atoms with van der Waals surface area (Å²) in [5.41, 5.74) is 0.545. The molecular formula is C12H16N2O4. The zero-order valence-electron chi connectivity index (χ0n) is 10.5. The number of nitrogens with one attached hydrogen (secondary N) is 1. The number of benzene rings is 1. The lowest BCUT2D eigenvalue weighted by Crippen LogP contribution is -2.27. The summed E-state index contributed by atoms with van der Waals surface area (Å²) in [5.74, 6) is -0.654. The summed E-state index contributed by atoms with van der Waals surface area (Å²) in [6, 6.07) is 6.30. The molecule has 2 amide bonds. The van der Waals surface area contributed by atoms with Gasteiger partial charge in [0.25, 0.3) is 0 Å².